The fourth-order valence-electron chi connectivity index (χ4n) is 1.85. The van der Waals surface area contributed by atoms with Gasteiger partial charge in [-0.3, -0.25) is 9.56 Å². The highest BCUT2D eigenvalue weighted by Gasteiger charge is 2.30. The lowest BCUT2D eigenvalue weighted by Crippen LogP contribution is -2.15. The van der Waals surface area contributed by atoms with Crippen LogP contribution in [-0.2, 0) is 20.2 Å². The minimum atomic E-state index is -3.50. The number of rotatable bonds is 6. The van der Waals surface area contributed by atoms with E-state index in [-0.39, 0.29) is 5.58 Å². The summed E-state index contributed by atoms with van der Waals surface area (Å²) in [4.78, 5) is 4.38. The SMILES string of the molecule is COP(=O)(OC)C(=NCc1ccccc1)Nc1ccc(Cl)cc1. The summed E-state index contributed by atoms with van der Waals surface area (Å²) in [6.45, 7) is 0.355. The number of halogens is 1. The Morgan fingerprint density at radius 3 is 2.26 bits per heavy atom. The minimum absolute atomic E-state index is 0.147. The largest absolute Gasteiger partial charge is 0.395 e. The molecule has 0 aliphatic carbocycles. The van der Waals surface area contributed by atoms with Crippen molar-refractivity contribution in [2.45, 2.75) is 6.54 Å². The second-order valence-corrected chi connectivity index (χ2v) is 7.21. The smallest absolute Gasteiger partial charge is 0.334 e. The first-order valence-corrected chi connectivity index (χ1v) is 8.82. The number of hydrogen-bond donors (Lipinski definition) is 1. The van der Waals surface area contributed by atoms with Crippen LogP contribution in [0.5, 0.6) is 0 Å². The third-order valence-electron chi connectivity index (χ3n) is 3.09. The van der Waals surface area contributed by atoms with Gasteiger partial charge in [0.2, 0.25) is 5.58 Å². The van der Waals surface area contributed by atoms with E-state index in [4.69, 9.17) is 20.6 Å². The van der Waals surface area contributed by atoms with Crippen LogP contribution < -0.4 is 5.32 Å². The summed E-state index contributed by atoms with van der Waals surface area (Å²) in [5.74, 6) is 0. The minimum Gasteiger partial charge on any atom is -0.334 e. The fraction of sp³-hybridized carbons (Fsp3) is 0.188. The maximum Gasteiger partial charge on any atom is 0.395 e. The third kappa shape index (κ3) is 4.91. The van der Waals surface area contributed by atoms with E-state index in [1.165, 1.54) is 14.2 Å². The molecule has 0 saturated carbocycles. The summed E-state index contributed by atoms with van der Waals surface area (Å²) in [5.41, 5.74) is 1.82. The lowest BCUT2D eigenvalue weighted by atomic mass is 10.2. The standard InChI is InChI=1S/C16H18ClN2O3P/c1-21-23(20,22-2)16(18-12-13-6-4-3-5-7-13)19-15-10-8-14(17)9-11-15/h3-11H,12H2,1-2H3,(H,18,19). The zero-order chi connectivity index (χ0) is 16.7. The van der Waals surface area contributed by atoms with E-state index in [0.717, 1.165) is 5.56 Å². The van der Waals surface area contributed by atoms with Crippen LogP contribution in [0.3, 0.4) is 0 Å². The highest BCUT2D eigenvalue weighted by Crippen LogP contribution is 2.48. The van der Waals surface area contributed by atoms with Gasteiger partial charge >= 0.3 is 7.60 Å². The Bertz CT molecular complexity index is 697. The number of nitrogens with one attached hydrogen (secondary N) is 1. The summed E-state index contributed by atoms with van der Waals surface area (Å²) in [5, 5.41) is 3.61. The van der Waals surface area contributed by atoms with E-state index < -0.39 is 7.60 Å². The van der Waals surface area contributed by atoms with Crippen molar-refractivity contribution in [2.75, 3.05) is 19.5 Å². The molecule has 0 radical (unpaired) electrons. The molecule has 122 valence electrons. The maximum atomic E-state index is 12.7. The average molecular weight is 353 g/mol. The Kier molecular flexibility index (Phi) is 6.37. The van der Waals surface area contributed by atoms with Crippen molar-refractivity contribution in [2.24, 2.45) is 4.99 Å². The van der Waals surface area contributed by atoms with Gasteiger partial charge in [-0.1, -0.05) is 41.9 Å². The second-order valence-electron chi connectivity index (χ2n) is 4.62. The number of nitrogens with zero attached hydrogens (tertiary/aromatic N) is 1. The van der Waals surface area contributed by atoms with Crippen LogP contribution in [0.1, 0.15) is 5.56 Å². The third-order valence-corrected chi connectivity index (χ3v) is 5.08. The highest BCUT2D eigenvalue weighted by molar-refractivity contribution is 7.72. The molecule has 0 unspecified atom stereocenters. The number of amidine groups is 1. The summed E-state index contributed by atoms with van der Waals surface area (Å²) in [7, 11) is -0.849. The molecule has 5 nitrogen and oxygen atoms in total. The topological polar surface area (TPSA) is 59.9 Å². The van der Waals surface area contributed by atoms with Crippen molar-refractivity contribution in [3.8, 4) is 0 Å². The lowest BCUT2D eigenvalue weighted by molar-refractivity contribution is 0.290. The van der Waals surface area contributed by atoms with Crippen molar-refractivity contribution in [1.82, 2.24) is 0 Å². The van der Waals surface area contributed by atoms with Crippen LogP contribution in [0.2, 0.25) is 5.02 Å². The van der Waals surface area contributed by atoms with Crippen LogP contribution in [0.4, 0.5) is 5.69 Å². The lowest BCUT2D eigenvalue weighted by Gasteiger charge is -2.17. The van der Waals surface area contributed by atoms with Gasteiger partial charge in [-0.05, 0) is 29.8 Å². The second kappa shape index (κ2) is 8.27. The number of hydrogen-bond acceptors (Lipinski definition) is 4. The molecular formula is C16H18ClN2O3P. The molecule has 0 spiro atoms. The molecule has 7 heteroatoms. The van der Waals surface area contributed by atoms with Crippen LogP contribution in [0.15, 0.2) is 59.6 Å². The van der Waals surface area contributed by atoms with Gasteiger partial charge in [0.1, 0.15) is 0 Å². The Balaban J connectivity index is 2.27. The van der Waals surface area contributed by atoms with Crippen LogP contribution in [0, 0.1) is 0 Å². The molecule has 0 aromatic heterocycles. The molecule has 0 bridgehead atoms. The predicted molar refractivity (Wildman–Crippen MR) is 94.3 cm³/mol. The van der Waals surface area contributed by atoms with E-state index in [1.54, 1.807) is 24.3 Å². The normalized spacial score (nSPS) is 12.2. The summed E-state index contributed by atoms with van der Waals surface area (Å²) in [6.07, 6.45) is 0. The first-order valence-electron chi connectivity index (χ1n) is 6.90. The van der Waals surface area contributed by atoms with Crippen molar-refractivity contribution in [1.29, 1.82) is 0 Å². The number of benzene rings is 2. The van der Waals surface area contributed by atoms with Gasteiger partial charge in [-0.2, -0.15) is 0 Å². The Labute approximate surface area is 140 Å². The Hall–Kier alpha value is -1.65. The van der Waals surface area contributed by atoms with E-state index >= 15 is 0 Å². The average Bonchev–Trinajstić information content (AvgIpc) is 2.60. The molecule has 0 atom stereocenters. The van der Waals surface area contributed by atoms with Gasteiger partial charge in [-0.15, -0.1) is 0 Å². The number of aliphatic imine (C=N–C) groups is 1. The molecule has 2 rings (SSSR count). The molecule has 0 heterocycles. The first kappa shape index (κ1) is 17.7. The first-order chi connectivity index (χ1) is 11.1. The number of anilines is 1. The van der Waals surface area contributed by atoms with Gasteiger partial charge < -0.3 is 14.4 Å². The molecule has 2 aromatic carbocycles. The molecule has 0 saturated heterocycles. The van der Waals surface area contributed by atoms with Gasteiger partial charge in [0.05, 0.1) is 6.54 Å². The highest BCUT2D eigenvalue weighted by atomic mass is 35.5. The Morgan fingerprint density at radius 2 is 1.70 bits per heavy atom. The zero-order valence-corrected chi connectivity index (χ0v) is 14.6. The molecule has 1 N–H and O–H groups in total. The molecular weight excluding hydrogens is 335 g/mol. The van der Waals surface area contributed by atoms with Crippen molar-refractivity contribution >= 4 is 30.5 Å². The van der Waals surface area contributed by atoms with Gasteiger partial charge in [0, 0.05) is 24.9 Å². The Morgan fingerprint density at radius 1 is 1.09 bits per heavy atom. The molecule has 0 fully saturated rings. The van der Waals surface area contributed by atoms with Crippen molar-refractivity contribution in [3.05, 3.63) is 65.2 Å². The van der Waals surface area contributed by atoms with Crippen molar-refractivity contribution < 1.29 is 13.6 Å². The summed E-state index contributed by atoms with van der Waals surface area (Å²) >= 11 is 5.87. The quantitative estimate of drug-likeness (QED) is 0.461. The summed E-state index contributed by atoms with van der Waals surface area (Å²) < 4.78 is 22.8. The molecule has 2 aromatic rings. The summed E-state index contributed by atoms with van der Waals surface area (Å²) in [6, 6.07) is 16.6. The zero-order valence-electron chi connectivity index (χ0n) is 12.9. The van der Waals surface area contributed by atoms with E-state index in [1.807, 2.05) is 30.3 Å². The van der Waals surface area contributed by atoms with E-state index in [2.05, 4.69) is 10.3 Å². The van der Waals surface area contributed by atoms with E-state index in [9.17, 15) is 4.57 Å². The monoisotopic (exact) mass is 352 g/mol. The molecule has 0 amide bonds. The van der Waals surface area contributed by atoms with Crippen LogP contribution in [0.25, 0.3) is 0 Å². The van der Waals surface area contributed by atoms with Crippen LogP contribution in [-0.4, -0.2) is 19.8 Å². The van der Waals surface area contributed by atoms with Gasteiger partial charge in [0.15, 0.2) is 0 Å². The molecule has 23 heavy (non-hydrogen) atoms. The maximum absolute atomic E-state index is 12.7. The van der Waals surface area contributed by atoms with Gasteiger partial charge in [-0.25, -0.2) is 0 Å². The van der Waals surface area contributed by atoms with Gasteiger partial charge in [0.25, 0.3) is 0 Å². The predicted octanol–water partition coefficient (Wildman–Crippen LogP) is 4.79. The fourth-order valence-corrected chi connectivity index (χ4v) is 2.98. The van der Waals surface area contributed by atoms with E-state index in [0.29, 0.717) is 17.3 Å². The molecule has 0 aliphatic heterocycles. The van der Waals surface area contributed by atoms with Crippen LogP contribution >= 0.6 is 19.2 Å². The van der Waals surface area contributed by atoms with Crippen molar-refractivity contribution in [3.63, 3.8) is 0 Å². The molecule has 0 aliphatic rings.